The molecule has 0 aromatic heterocycles. The zero-order chi connectivity index (χ0) is 13.3. The van der Waals surface area contributed by atoms with Crippen LogP contribution in [0.2, 0.25) is 0 Å². The Morgan fingerprint density at radius 3 is 2.67 bits per heavy atom. The Balaban J connectivity index is 2.13. The smallest absolute Gasteiger partial charge is 0.223 e. The van der Waals surface area contributed by atoms with Crippen molar-refractivity contribution in [3.63, 3.8) is 0 Å². The van der Waals surface area contributed by atoms with Crippen molar-refractivity contribution >= 4 is 21.8 Å². The third-order valence-electron chi connectivity index (χ3n) is 3.88. The average Bonchev–Trinajstić information content (AvgIpc) is 2.65. The largest absolute Gasteiger partial charge is 0.348 e. The quantitative estimate of drug-likeness (QED) is 0.851. The van der Waals surface area contributed by atoms with Crippen LogP contribution in [-0.4, -0.2) is 10.7 Å². The predicted octanol–water partition coefficient (Wildman–Crippen LogP) is 3.46. The fourth-order valence-electron chi connectivity index (χ4n) is 2.30. The first-order valence-electron chi connectivity index (χ1n) is 6.53. The molecule has 0 saturated carbocycles. The third-order valence-corrected chi connectivity index (χ3v) is 4.73. The van der Waals surface area contributed by atoms with Crippen LogP contribution in [0.5, 0.6) is 0 Å². The number of hydrogen-bond donors (Lipinski definition) is 1. The molecule has 0 fully saturated rings. The lowest BCUT2D eigenvalue weighted by atomic mass is 9.96. The van der Waals surface area contributed by atoms with Crippen molar-refractivity contribution in [2.45, 2.75) is 38.1 Å². The molecule has 0 bridgehead atoms. The summed E-state index contributed by atoms with van der Waals surface area (Å²) in [5, 5.41) is 3.18. The molecule has 2 nitrogen and oxygen atoms in total. The highest BCUT2D eigenvalue weighted by Gasteiger charge is 2.32. The molecule has 18 heavy (non-hydrogen) atoms. The highest BCUT2D eigenvalue weighted by molar-refractivity contribution is 9.09. The van der Waals surface area contributed by atoms with Crippen LogP contribution in [0, 0.1) is 11.8 Å². The van der Waals surface area contributed by atoms with Crippen molar-refractivity contribution in [1.29, 1.82) is 0 Å². The standard InChI is InChI=1S/C15H20BrNO/c1-9(2)10(3)15(18)17-14-12-7-5-4-6-11(12)8-13(14)16/h4-7,9-10,13-14H,8H2,1-3H3,(H,17,18). The van der Waals surface area contributed by atoms with Gasteiger partial charge in [0.25, 0.3) is 0 Å². The molecule has 3 heteroatoms. The number of rotatable bonds is 3. The first kappa shape index (κ1) is 13.6. The van der Waals surface area contributed by atoms with Gasteiger partial charge in [0.15, 0.2) is 0 Å². The summed E-state index contributed by atoms with van der Waals surface area (Å²) >= 11 is 3.69. The van der Waals surface area contributed by atoms with Crippen LogP contribution in [0.3, 0.4) is 0 Å². The summed E-state index contributed by atoms with van der Waals surface area (Å²) in [4.78, 5) is 12.5. The lowest BCUT2D eigenvalue weighted by Gasteiger charge is -2.22. The Hall–Kier alpha value is -0.830. The summed E-state index contributed by atoms with van der Waals surface area (Å²) in [6.07, 6.45) is 0.983. The van der Waals surface area contributed by atoms with Crippen molar-refractivity contribution in [2.75, 3.05) is 0 Å². The van der Waals surface area contributed by atoms with Gasteiger partial charge in [0.1, 0.15) is 0 Å². The minimum absolute atomic E-state index is 0.0532. The lowest BCUT2D eigenvalue weighted by Crippen LogP contribution is -2.37. The number of amides is 1. The molecule has 98 valence electrons. The van der Waals surface area contributed by atoms with E-state index in [1.165, 1.54) is 11.1 Å². The van der Waals surface area contributed by atoms with E-state index in [0.29, 0.717) is 10.7 Å². The first-order valence-corrected chi connectivity index (χ1v) is 7.44. The summed E-state index contributed by atoms with van der Waals surface area (Å²) in [6, 6.07) is 8.45. The minimum Gasteiger partial charge on any atom is -0.348 e. The zero-order valence-electron chi connectivity index (χ0n) is 11.1. The van der Waals surface area contributed by atoms with Gasteiger partial charge in [0.2, 0.25) is 5.91 Å². The third kappa shape index (κ3) is 2.61. The van der Waals surface area contributed by atoms with Crippen LogP contribution in [0.15, 0.2) is 24.3 Å². The van der Waals surface area contributed by atoms with Crippen molar-refractivity contribution in [2.24, 2.45) is 11.8 Å². The number of benzene rings is 1. The molecule has 0 saturated heterocycles. The van der Waals surface area contributed by atoms with Gasteiger partial charge in [0, 0.05) is 10.7 Å². The number of carbonyl (C=O) groups is 1. The summed E-state index contributed by atoms with van der Waals surface area (Å²) in [7, 11) is 0. The Bertz CT molecular complexity index is 444. The second kappa shape index (κ2) is 5.43. The molecule has 1 amide bonds. The predicted molar refractivity (Wildman–Crippen MR) is 77.7 cm³/mol. The van der Waals surface area contributed by atoms with Crippen LogP contribution < -0.4 is 5.32 Å². The Morgan fingerprint density at radius 2 is 2.00 bits per heavy atom. The van der Waals surface area contributed by atoms with Gasteiger partial charge in [-0.1, -0.05) is 61.0 Å². The summed E-state index contributed by atoms with van der Waals surface area (Å²) in [6.45, 7) is 6.15. The zero-order valence-corrected chi connectivity index (χ0v) is 12.7. The monoisotopic (exact) mass is 309 g/mol. The maximum atomic E-state index is 12.2. The van der Waals surface area contributed by atoms with Crippen LogP contribution in [0.1, 0.15) is 37.9 Å². The van der Waals surface area contributed by atoms with E-state index in [1.54, 1.807) is 0 Å². The number of halogens is 1. The molecular weight excluding hydrogens is 290 g/mol. The average molecular weight is 310 g/mol. The molecule has 1 aromatic rings. The molecule has 1 aliphatic carbocycles. The van der Waals surface area contributed by atoms with Crippen LogP contribution in [-0.2, 0) is 11.2 Å². The topological polar surface area (TPSA) is 29.1 Å². The number of hydrogen-bond acceptors (Lipinski definition) is 1. The Morgan fingerprint density at radius 1 is 1.33 bits per heavy atom. The number of fused-ring (bicyclic) bond motifs is 1. The highest BCUT2D eigenvalue weighted by atomic mass is 79.9. The number of carbonyl (C=O) groups excluding carboxylic acids is 1. The number of nitrogens with one attached hydrogen (secondary N) is 1. The van der Waals surface area contributed by atoms with E-state index in [4.69, 9.17) is 0 Å². The van der Waals surface area contributed by atoms with Gasteiger partial charge < -0.3 is 5.32 Å². The fraction of sp³-hybridized carbons (Fsp3) is 0.533. The van der Waals surface area contributed by atoms with Crippen LogP contribution in [0.4, 0.5) is 0 Å². The molecule has 3 atom stereocenters. The van der Waals surface area contributed by atoms with E-state index in [1.807, 2.05) is 13.0 Å². The first-order chi connectivity index (χ1) is 8.50. The molecule has 0 spiro atoms. The molecule has 1 aromatic carbocycles. The summed E-state index contributed by atoms with van der Waals surface area (Å²) in [5.74, 6) is 0.573. The van der Waals surface area contributed by atoms with E-state index in [9.17, 15) is 4.79 Å². The molecule has 0 aliphatic heterocycles. The Kier molecular flexibility index (Phi) is 4.10. The van der Waals surface area contributed by atoms with E-state index in [0.717, 1.165) is 6.42 Å². The van der Waals surface area contributed by atoms with E-state index < -0.39 is 0 Å². The van der Waals surface area contributed by atoms with Crippen LogP contribution >= 0.6 is 15.9 Å². The minimum atomic E-state index is 0.0532. The molecule has 0 heterocycles. The summed E-state index contributed by atoms with van der Waals surface area (Å²) < 4.78 is 0. The van der Waals surface area contributed by atoms with E-state index >= 15 is 0 Å². The molecule has 1 N–H and O–H groups in total. The van der Waals surface area contributed by atoms with E-state index in [-0.39, 0.29) is 17.9 Å². The SMILES string of the molecule is CC(C)C(C)C(=O)NC1c2ccccc2CC1Br. The lowest BCUT2D eigenvalue weighted by molar-refractivity contribution is -0.126. The maximum absolute atomic E-state index is 12.2. The van der Waals surface area contributed by atoms with Gasteiger partial charge >= 0.3 is 0 Å². The Labute approximate surface area is 117 Å². The second-order valence-corrected chi connectivity index (χ2v) is 6.61. The van der Waals surface area contributed by atoms with Gasteiger partial charge in [-0.25, -0.2) is 0 Å². The van der Waals surface area contributed by atoms with Gasteiger partial charge in [0.05, 0.1) is 6.04 Å². The highest BCUT2D eigenvalue weighted by Crippen LogP contribution is 2.36. The van der Waals surface area contributed by atoms with Gasteiger partial charge in [-0.2, -0.15) is 0 Å². The van der Waals surface area contributed by atoms with Crippen molar-refractivity contribution in [3.05, 3.63) is 35.4 Å². The molecule has 2 rings (SSSR count). The molecular formula is C15H20BrNO. The molecule has 3 unspecified atom stereocenters. The molecule has 1 aliphatic rings. The van der Waals surface area contributed by atoms with Crippen molar-refractivity contribution in [1.82, 2.24) is 5.32 Å². The van der Waals surface area contributed by atoms with Gasteiger partial charge in [-0.05, 0) is 23.5 Å². The molecule has 0 radical (unpaired) electrons. The second-order valence-electron chi connectivity index (χ2n) is 5.44. The van der Waals surface area contributed by atoms with Gasteiger partial charge in [-0.15, -0.1) is 0 Å². The van der Waals surface area contributed by atoms with Crippen LogP contribution in [0.25, 0.3) is 0 Å². The maximum Gasteiger partial charge on any atom is 0.223 e. The fourth-order valence-corrected chi connectivity index (χ4v) is 3.07. The normalized spacial score (nSPS) is 23.8. The van der Waals surface area contributed by atoms with Crippen molar-refractivity contribution < 1.29 is 4.79 Å². The van der Waals surface area contributed by atoms with E-state index in [2.05, 4.69) is 53.3 Å². The van der Waals surface area contributed by atoms with Crippen molar-refractivity contribution in [3.8, 4) is 0 Å². The van der Waals surface area contributed by atoms with Gasteiger partial charge in [-0.3, -0.25) is 4.79 Å². The summed E-state index contributed by atoms with van der Waals surface area (Å²) in [5.41, 5.74) is 2.59. The number of alkyl halides is 1.